The Kier molecular flexibility index (Phi) is 36.7. The van der Waals surface area contributed by atoms with Gasteiger partial charge in [0.15, 0.2) is 6.10 Å². The molecule has 324 valence electrons. The number of ether oxygens (including phenoxy) is 2. The molecule has 0 rings (SSSR count). The van der Waals surface area contributed by atoms with Crippen LogP contribution in [0.5, 0.6) is 0 Å². The number of allylic oxidation sites excluding steroid dienone is 10. The molecule has 2 unspecified atom stereocenters. The fourth-order valence-corrected chi connectivity index (χ4v) is 6.31. The van der Waals surface area contributed by atoms with Crippen LogP contribution < -0.4 is 4.89 Å². The van der Waals surface area contributed by atoms with Crippen LogP contribution in [0.1, 0.15) is 168 Å². The molecule has 2 atom stereocenters. The Balaban J connectivity index is 4.36. The summed E-state index contributed by atoms with van der Waals surface area (Å²) in [5, 5.41) is 0. The summed E-state index contributed by atoms with van der Waals surface area (Å²) in [5.41, 5.74) is 0. The number of hydrogen-bond donors (Lipinski definition) is 0. The fraction of sp³-hybridized carbons (Fsp3) is 0.739. The molecule has 0 bridgehead atoms. The lowest BCUT2D eigenvalue weighted by Crippen LogP contribution is -2.37. The number of phosphoric acid groups is 1. The van der Waals surface area contributed by atoms with Crippen LogP contribution in [-0.2, 0) is 32.7 Å². The van der Waals surface area contributed by atoms with Gasteiger partial charge in [0, 0.05) is 12.8 Å². The molecular weight excluding hydrogens is 725 g/mol. The van der Waals surface area contributed by atoms with E-state index in [1.165, 1.54) is 57.8 Å². The van der Waals surface area contributed by atoms with Gasteiger partial charge < -0.3 is 27.9 Å². The molecule has 0 aromatic heterocycles. The van der Waals surface area contributed by atoms with E-state index in [2.05, 4.69) is 74.6 Å². The highest BCUT2D eigenvalue weighted by atomic mass is 31.2. The van der Waals surface area contributed by atoms with Crippen LogP contribution in [-0.4, -0.2) is 70.0 Å². The van der Waals surface area contributed by atoms with E-state index in [4.69, 9.17) is 18.5 Å². The number of rotatable bonds is 39. The average molecular weight is 808 g/mol. The lowest BCUT2D eigenvalue weighted by atomic mass is 10.1. The maximum Gasteiger partial charge on any atom is 0.306 e. The number of carbonyl (C=O) groups excluding carboxylic acids is 2. The molecular formula is C46H82NO8P. The highest BCUT2D eigenvalue weighted by Crippen LogP contribution is 2.38. The van der Waals surface area contributed by atoms with Crippen molar-refractivity contribution in [1.29, 1.82) is 0 Å². The van der Waals surface area contributed by atoms with Crippen LogP contribution in [0.2, 0.25) is 0 Å². The molecule has 10 heteroatoms. The summed E-state index contributed by atoms with van der Waals surface area (Å²) < 4.78 is 33.8. The third-order valence-corrected chi connectivity index (χ3v) is 9.99. The Morgan fingerprint density at radius 2 is 1.02 bits per heavy atom. The second kappa shape index (κ2) is 38.2. The van der Waals surface area contributed by atoms with Crippen molar-refractivity contribution < 1.29 is 42.1 Å². The Morgan fingerprint density at radius 1 is 0.571 bits per heavy atom. The first-order valence-corrected chi connectivity index (χ1v) is 23.5. The van der Waals surface area contributed by atoms with Crippen LogP contribution in [0.4, 0.5) is 0 Å². The predicted octanol–water partition coefficient (Wildman–Crippen LogP) is 11.8. The maximum absolute atomic E-state index is 12.6. The van der Waals surface area contributed by atoms with E-state index in [1.54, 1.807) is 0 Å². The maximum atomic E-state index is 12.6. The number of likely N-dealkylation sites (N-methyl/N-ethyl adjacent to an activating group) is 1. The number of carbonyl (C=O) groups is 2. The van der Waals surface area contributed by atoms with E-state index in [1.807, 2.05) is 21.1 Å². The topological polar surface area (TPSA) is 111 Å². The molecule has 56 heavy (non-hydrogen) atoms. The molecule has 0 saturated carbocycles. The summed E-state index contributed by atoms with van der Waals surface area (Å²) in [4.78, 5) is 37.5. The molecule has 0 spiro atoms. The van der Waals surface area contributed by atoms with Crippen molar-refractivity contribution in [2.75, 3.05) is 47.5 Å². The van der Waals surface area contributed by atoms with Crippen molar-refractivity contribution in [3.63, 3.8) is 0 Å². The molecule has 0 aliphatic heterocycles. The molecule has 0 aromatic carbocycles. The summed E-state index contributed by atoms with van der Waals surface area (Å²) in [6.07, 6.45) is 45.4. The van der Waals surface area contributed by atoms with Crippen LogP contribution in [0.25, 0.3) is 0 Å². The quantitative estimate of drug-likeness (QED) is 0.0198. The van der Waals surface area contributed by atoms with Crippen molar-refractivity contribution >= 4 is 19.8 Å². The molecule has 0 aliphatic carbocycles. The van der Waals surface area contributed by atoms with Crippen LogP contribution in [0.3, 0.4) is 0 Å². The van der Waals surface area contributed by atoms with E-state index < -0.39 is 32.5 Å². The Bertz CT molecular complexity index is 1140. The third kappa shape index (κ3) is 41.3. The minimum absolute atomic E-state index is 0.0399. The molecule has 0 aliphatic rings. The van der Waals surface area contributed by atoms with Gasteiger partial charge in [0.25, 0.3) is 7.82 Å². The summed E-state index contributed by atoms with van der Waals surface area (Å²) in [5.74, 6) is -0.878. The average Bonchev–Trinajstić information content (AvgIpc) is 3.15. The first-order chi connectivity index (χ1) is 27.0. The van der Waals surface area contributed by atoms with Crippen molar-refractivity contribution in [1.82, 2.24) is 0 Å². The van der Waals surface area contributed by atoms with Crippen molar-refractivity contribution in [2.45, 2.75) is 174 Å². The zero-order chi connectivity index (χ0) is 41.4. The summed E-state index contributed by atoms with van der Waals surface area (Å²) in [6, 6.07) is 0. The number of phosphoric ester groups is 1. The van der Waals surface area contributed by atoms with Gasteiger partial charge in [-0.15, -0.1) is 0 Å². The minimum Gasteiger partial charge on any atom is -0.756 e. The fourth-order valence-electron chi connectivity index (χ4n) is 5.58. The second-order valence-electron chi connectivity index (χ2n) is 15.7. The van der Waals surface area contributed by atoms with E-state index in [0.29, 0.717) is 17.4 Å². The number of esters is 2. The monoisotopic (exact) mass is 808 g/mol. The number of hydrogen-bond acceptors (Lipinski definition) is 8. The van der Waals surface area contributed by atoms with Crippen molar-refractivity contribution in [2.24, 2.45) is 0 Å². The molecule has 0 saturated heterocycles. The zero-order valence-corrected chi connectivity index (χ0v) is 37.2. The lowest BCUT2D eigenvalue weighted by molar-refractivity contribution is -0.870. The number of nitrogens with zero attached hydrogens (tertiary/aromatic N) is 1. The predicted molar refractivity (Wildman–Crippen MR) is 231 cm³/mol. The SMILES string of the molecule is CC/C=C\C/C=C\C/C=C\CCCCCC(=O)OC(COC(=O)CCCCCCCCCCC/C=C\C/C=C\CCCCC)COP(=O)([O-])OCC[N+](C)(C)C. The molecule has 0 aromatic rings. The first kappa shape index (κ1) is 53.7. The lowest BCUT2D eigenvalue weighted by Gasteiger charge is -2.28. The van der Waals surface area contributed by atoms with Gasteiger partial charge in [-0.3, -0.25) is 14.2 Å². The number of unbranched alkanes of at least 4 members (excludes halogenated alkanes) is 15. The van der Waals surface area contributed by atoms with Gasteiger partial charge in [-0.05, 0) is 77.0 Å². The molecule has 0 fully saturated rings. The molecule has 0 radical (unpaired) electrons. The largest absolute Gasteiger partial charge is 0.756 e. The van der Waals surface area contributed by atoms with E-state index in [9.17, 15) is 19.0 Å². The molecule has 0 N–H and O–H groups in total. The van der Waals surface area contributed by atoms with Gasteiger partial charge in [-0.1, -0.05) is 139 Å². The van der Waals surface area contributed by atoms with Crippen molar-refractivity contribution in [3.05, 3.63) is 60.8 Å². The Hall–Kier alpha value is -2.29. The molecule has 0 amide bonds. The van der Waals surface area contributed by atoms with Crippen LogP contribution in [0, 0.1) is 0 Å². The van der Waals surface area contributed by atoms with E-state index in [-0.39, 0.29) is 26.1 Å². The zero-order valence-electron chi connectivity index (χ0n) is 36.3. The van der Waals surface area contributed by atoms with Gasteiger partial charge in [0.1, 0.15) is 19.8 Å². The summed E-state index contributed by atoms with van der Waals surface area (Å²) in [6.45, 7) is 4.03. The van der Waals surface area contributed by atoms with Crippen LogP contribution in [0.15, 0.2) is 60.8 Å². The standard InChI is InChI=1S/C46H82NO8P/c1-6-8-10-12-14-16-18-20-21-22-23-24-25-27-28-30-32-34-36-38-45(48)52-42-44(43-54-56(50,51)53-41-40-47(3,4)5)55-46(49)39-37-35-33-31-29-26-19-17-15-13-11-9-7-2/h9,11,14-17,20-21,26,29,44H,6-8,10,12-13,18-19,22-25,27-28,30-43H2,1-5H3/b11-9-,16-14-,17-15-,21-20-,29-26-. The van der Waals surface area contributed by atoms with Gasteiger partial charge >= 0.3 is 11.9 Å². The number of quaternary nitrogens is 1. The van der Waals surface area contributed by atoms with Gasteiger partial charge in [0.2, 0.25) is 0 Å². The molecule has 9 nitrogen and oxygen atoms in total. The first-order valence-electron chi connectivity index (χ1n) is 22.0. The molecule has 0 heterocycles. The summed E-state index contributed by atoms with van der Waals surface area (Å²) in [7, 11) is 1.13. The smallest absolute Gasteiger partial charge is 0.306 e. The Labute approximate surface area is 343 Å². The highest BCUT2D eigenvalue weighted by Gasteiger charge is 2.21. The second-order valence-corrected chi connectivity index (χ2v) is 17.1. The van der Waals surface area contributed by atoms with Gasteiger partial charge in [-0.25, -0.2) is 0 Å². The Morgan fingerprint density at radius 3 is 1.54 bits per heavy atom. The van der Waals surface area contributed by atoms with Crippen molar-refractivity contribution in [3.8, 4) is 0 Å². The van der Waals surface area contributed by atoms with Gasteiger partial charge in [-0.2, -0.15) is 0 Å². The van der Waals surface area contributed by atoms with Gasteiger partial charge in [0.05, 0.1) is 27.7 Å². The third-order valence-electron chi connectivity index (χ3n) is 9.02. The minimum atomic E-state index is -4.63. The summed E-state index contributed by atoms with van der Waals surface area (Å²) >= 11 is 0. The van der Waals surface area contributed by atoms with E-state index >= 15 is 0 Å². The van der Waals surface area contributed by atoms with E-state index in [0.717, 1.165) is 77.0 Å². The normalized spacial score (nSPS) is 14.2. The van der Waals surface area contributed by atoms with Crippen LogP contribution >= 0.6 is 7.82 Å². The highest BCUT2D eigenvalue weighted by molar-refractivity contribution is 7.45.